The molecule has 2 rings (SSSR count). The fraction of sp³-hybridized carbons (Fsp3) is 0.400. The molecule has 1 nitrogen and oxygen atoms in total. The van der Waals surface area contributed by atoms with Crippen LogP contribution in [0.25, 0.3) is 0 Å². The number of benzene rings is 2. The average Bonchev–Trinajstić information content (AvgIpc) is 2.35. The summed E-state index contributed by atoms with van der Waals surface area (Å²) in [6, 6.07) is 6.51. The molecule has 0 spiro atoms. The minimum Gasteiger partial charge on any atom is -0.384 e. The van der Waals surface area contributed by atoms with Crippen molar-refractivity contribution >= 4 is 0 Å². The predicted octanol–water partition coefficient (Wildman–Crippen LogP) is 4.93. The van der Waals surface area contributed by atoms with Gasteiger partial charge in [-0.2, -0.15) is 0 Å². The van der Waals surface area contributed by atoms with Crippen molar-refractivity contribution < 1.29 is 5.11 Å². The maximum Gasteiger partial charge on any atom is 0.105 e. The highest BCUT2D eigenvalue weighted by molar-refractivity contribution is 5.51. The monoisotopic (exact) mass is 282 g/mol. The topological polar surface area (TPSA) is 20.2 Å². The first kappa shape index (κ1) is 15.8. The number of hydrogen-bond donors (Lipinski definition) is 1. The average molecular weight is 282 g/mol. The largest absolute Gasteiger partial charge is 0.384 e. The Kier molecular flexibility index (Phi) is 4.25. The third-order valence-corrected chi connectivity index (χ3v) is 4.71. The normalized spacial score (nSPS) is 12.6. The first-order valence-electron chi connectivity index (χ1n) is 7.57. The SMILES string of the molecule is Cc1cc(C)c(C(O)c2c(C)c(C)cc(C)c2C)c(C)c1. The lowest BCUT2D eigenvalue weighted by Gasteiger charge is -2.23. The van der Waals surface area contributed by atoms with Crippen molar-refractivity contribution in [3.63, 3.8) is 0 Å². The van der Waals surface area contributed by atoms with E-state index in [4.69, 9.17) is 0 Å². The van der Waals surface area contributed by atoms with Crippen molar-refractivity contribution in [1.82, 2.24) is 0 Å². The summed E-state index contributed by atoms with van der Waals surface area (Å²) in [7, 11) is 0. The smallest absolute Gasteiger partial charge is 0.105 e. The molecular weight excluding hydrogens is 256 g/mol. The van der Waals surface area contributed by atoms with Gasteiger partial charge in [-0.1, -0.05) is 23.8 Å². The molecule has 21 heavy (non-hydrogen) atoms. The van der Waals surface area contributed by atoms with Gasteiger partial charge in [0, 0.05) is 0 Å². The Hall–Kier alpha value is -1.60. The highest BCUT2D eigenvalue weighted by atomic mass is 16.3. The molecule has 112 valence electrons. The second kappa shape index (κ2) is 5.65. The van der Waals surface area contributed by atoms with E-state index in [-0.39, 0.29) is 0 Å². The third kappa shape index (κ3) is 2.75. The number of aliphatic hydroxyl groups excluding tert-OH is 1. The summed E-state index contributed by atoms with van der Waals surface area (Å²) in [5.74, 6) is 0. The molecule has 0 bridgehead atoms. The van der Waals surface area contributed by atoms with Crippen LogP contribution in [-0.2, 0) is 0 Å². The molecule has 0 saturated carbocycles. The third-order valence-electron chi connectivity index (χ3n) is 4.71. The minimum absolute atomic E-state index is 0.552. The van der Waals surface area contributed by atoms with Gasteiger partial charge in [0.2, 0.25) is 0 Å². The van der Waals surface area contributed by atoms with Gasteiger partial charge in [0.1, 0.15) is 6.10 Å². The molecule has 0 aromatic heterocycles. The Morgan fingerprint density at radius 3 is 1.48 bits per heavy atom. The molecule has 0 aliphatic rings. The lowest BCUT2D eigenvalue weighted by Crippen LogP contribution is -2.10. The zero-order valence-electron chi connectivity index (χ0n) is 14.3. The number of aryl methyl sites for hydroxylation is 5. The molecule has 1 N–H and O–H groups in total. The van der Waals surface area contributed by atoms with Crippen molar-refractivity contribution in [2.24, 2.45) is 0 Å². The molecule has 0 aliphatic carbocycles. The molecule has 2 aromatic rings. The van der Waals surface area contributed by atoms with E-state index in [0.717, 1.165) is 22.3 Å². The van der Waals surface area contributed by atoms with Gasteiger partial charge in [0.25, 0.3) is 0 Å². The standard InChI is InChI=1S/C20H26O/c1-11-8-14(4)18(15(5)9-11)20(21)19-16(6)12(2)10-13(3)17(19)7/h8-10,20-21H,1-7H3. The molecule has 1 unspecified atom stereocenters. The molecule has 0 heterocycles. The van der Waals surface area contributed by atoms with Crippen LogP contribution in [0.1, 0.15) is 56.2 Å². The van der Waals surface area contributed by atoms with Crippen LogP contribution < -0.4 is 0 Å². The van der Waals surface area contributed by atoms with Crippen LogP contribution >= 0.6 is 0 Å². The van der Waals surface area contributed by atoms with Crippen LogP contribution in [-0.4, -0.2) is 5.11 Å². The number of aliphatic hydroxyl groups is 1. The minimum atomic E-state index is -0.552. The molecule has 0 saturated heterocycles. The van der Waals surface area contributed by atoms with Gasteiger partial charge in [0.15, 0.2) is 0 Å². The quantitative estimate of drug-likeness (QED) is 0.828. The van der Waals surface area contributed by atoms with E-state index in [9.17, 15) is 5.11 Å². The van der Waals surface area contributed by atoms with Gasteiger partial charge in [-0.25, -0.2) is 0 Å². The fourth-order valence-corrected chi connectivity index (χ4v) is 3.42. The van der Waals surface area contributed by atoms with Gasteiger partial charge < -0.3 is 5.11 Å². The zero-order chi connectivity index (χ0) is 15.9. The van der Waals surface area contributed by atoms with Crippen molar-refractivity contribution in [3.8, 4) is 0 Å². The molecule has 2 aromatic carbocycles. The summed E-state index contributed by atoms with van der Waals surface area (Å²) >= 11 is 0. The van der Waals surface area contributed by atoms with E-state index in [2.05, 4.69) is 66.7 Å². The molecule has 0 aliphatic heterocycles. The van der Waals surface area contributed by atoms with Gasteiger partial charge in [-0.05, 0) is 93.0 Å². The number of rotatable bonds is 2. The molecule has 1 heteroatoms. The number of hydrogen-bond acceptors (Lipinski definition) is 1. The summed E-state index contributed by atoms with van der Waals surface area (Å²) in [4.78, 5) is 0. The van der Waals surface area contributed by atoms with Gasteiger partial charge in [-0.15, -0.1) is 0 Å². The zero-order valence-corrected chi connectivity index (χ0v) is 14.3. The van der Waals surface area contributed by atoms with E-state index in [1.165, 1.54) is 27.8 Å². The Bertz CT molecular complexity index is 646. The Balaban J connectivity index is 2.69. The van der Waals surface area contributed by atoms with Crippen molar-refractivity contribution in [2.45, 2.75) is 54.6 Å². The van der Waals surface area contributed by atoms with E-state index in [1.54, 1.807) is 0 Å². The Morgan fingerprint density at radius 1 is 0.619 bits per heavy atom. The Morgan fingerprint density at radius 2 is 1.05 bits per heavy atom. The summed E-state index contributed by atoms with van der Waals surface area (Å²) in [5, 5.41) is 11.1. The first-order valence-corrected chi connectivity index (χ1v) is 7.57. The lowest BCUT2D eigenvalue weighted by molar-refractivity contribution is 0.217. The maximum absolute atomic E-state index is 11.1. The van der Waals surface area contributed by atoms with Crippen LogP contribution in [0.5, 0.6) is 0 Å². The summed E-state index contributed by atoms with van der Waals surface area (Å²) in [5.41, 5.74) is 10.6. The van der Waals surface area contributed by atoms with Crippen LogP contribution in [0.3, 0.4) is 0 Å². The summed E-state index contributed by atoms with van der Waals surface area (Å²) < 4.78 is 0. The van der Waals surface area contributed by atoms with Crippen LogP contribution in [0.4, 0.5) is 0 Å². The van der Waals surface area contributed by atoms with Crippen LogP contribution in [0.2, 0.25) is 0 Å². The predicted molar refractivity (Wildman–Crippen MR) is 90.1 cm³/mol. The van der Waals surface area contributed by atoms with Crippen molar-refractivity contribution in [3.05, 3.63) is 68.3 Å². The molecule has 0 amide bonds. The summed E-state index contributed by atoms with van der Waals surface area (Å²) in [6.45, 7) is 14.7. The molecular formula is C20H26O. The molecule has 0 fully saturated rings. The molecule has 1 atom stereocenters. The van der Waals surface area contributed by atoms with Crippen LogP contribution in [0.15, 0.2) is 18.2 Å². The maximum atomic E-state index is 11.1. The Labute approximate surface area is 128 Å². The van der Waals surface area contributed by atoms with Gasteiger partial charge in [-0.3, -0.25) is 0 Å². The second-order valence-electron chi connectivity index (χ2n) is 6.39. The summed E-state index contributed by atoms with van der Waals surface area (Å²) in [6.07, 6.45) is -0.552. The lowest BCUT2D eigenvalue weighted by atomic mass is 9.85. The fourth-order valence-electron chi connectivity index (χ4n) is 3.42. The van der Waals surface area contributed by atoms with E-state index in [1.807, 2.05) is 0 Å². The van der Waals surface area contributed by atoms with E-state index < -0.39 is 6.10 Å². The highest BCUT2D eigenvalue weighted by Crippen LogP contribution is 2.34. The second-order valence-corrected chi connectivity index (χ2v) is 6.39. The highest BCUT2D eigenvalue weighted by Gasteiger charge is 2.21. The van der Waals surface area contributed by atoms with Crippen molar-refractivity contribution in [1.29, 1.82) is 0 Å². The van der Waals surface area contributed by atoms with Gasteiger partial charge >= 0.3 is 0 Å². The first-order chi connectivity index (χ1) is 9.73. The van der Waals surface area contributed by atoms with Crippen molar-refractivity contribution in [2.75, 3.05) is 0 Å². The molecule has 0 radical (unpaired) electrons. The van der Waals surface area contributed by atoms with E-state index >= 15 is 0 Å². The van der Waals surface area contributed by atoms with Gasteiger partial charge in [0.05, 0.1) is 0 Å². The van der Waals surface area contributed by atoms with Crippen LogP contribution in [0, 0.1) is 48.5 Å². The van der Waals surface area contributed by atoms with E-state index in [0.29, 0.717) is 0 Å².